The van der Waals surface area contributed by atoms with Gasteiger partial charge in [-0.05, 0) is 19.4 Å². The summed E-state index contributed by atoms with van der Waals surface area (Å²) in [5.74, 6) is -0.496. The lowest BCUT2D eigenvalue weighted by molar-refractivity contribution is -0.117. The van der Waals surface area contributed by atoms with Gasteiger partial charge in [-0.3, -0.25) is 9.59 Å². The van der Waals surface area contributed by atoms with E-state index >= 15 is 0 Å². The molecule has 0 rings (SSSR count). The summed E-state index contributed by atoms with van der Waals surface area (Å²) in [6, 6.07) is 0. The van der Waals surface area contributed by atoms with Gasteiger partial charge in [0, 0.05) is 12.0 Å². The van der Waals surface area contributed by atoms with Crippen LogP contribution >= 0.6 is 0 Å². The molecule has 0 aliphatic rings. The number of nitrogens with two attached hydrogens (primary N) is 1. The van der Waals surface area contributed by atoms with Crippen molar-refractivity contribution in [1.82, 2.24) is 0 Å². The maximum absolute atomic E-state index is 11.5. The molecule has 3 heteroatoms. The van der Waals surface area contributed by atoms with Crippen LogP contribution in [0.5, 0.6) is 0 Å². The molecule has 2 N–H and O–H groups in total. The van der Waals surface area contributed by atoms with Gasteiger partial charge >= 0.3 is 0 Å². The van der Waals surface area contributed by atoms with Crippen molar-refractivity contribution >= 4 is 11.7 Å². The standard InChI is InChI=1S/C18H33NO2/c1-3-4-5-6-7-8-9-10-11-12-13-14-17(20)15-16(2)18(19)21/h15H,3-14H2,1-2H3,(H2,19,21)/b16-15-. The van der Waals surface area contributed by atoms with Crippen molar-refractivity contribution in [3.63, 3.8) is 0 Å². The van der Waals surface area contributed by atoms with Crippen LogP contribution in [0.1, 0.15) is 90.9 Å². The van der Waals surface area contributed by atoms with Crippen LogP contribution in [-0.4, -0.2) is 11.7 Å². The molecule has 0 saturated heterocycles. The minimum Gasteiger partial charge on any atom is -0.366 e. The summed E-state index contributed by atoms with van der Waals surface area (Å²) >= 11 is 0. The molecule has 122 valence electrons. The van der Waals surface area contributed by atoms with Crippen LogP contribution in [-0.2, 0) is 9.59 Å². The van der Waals surface area contributed by atoms with Crippen LogP contribution in [0.4, 0.5) is 0 Å². The van der Waals surface area contributed by atoms with Crippen LogP contribution in [0, 0.1) is 0 Å². The molecular weight excluding hydrogens is 262 g/mol. The lowest BCUT2D eigenvalue weighted by atomic mass is 10.0. The van der Waals surface area contributed by atoms with E-state index in [9.17, 15) is 9.59 Å². The van der Waals surface area contributed by atoms with Crippen LogP contribution in [0.25, 0.3) is 0 Å². The summed E-state index contributed by atoms with van der Waals surface area (Å²) in [5, 5.41) is 0. The number of amides is 1. The number of carbonyl (C=O) groups excluding carboxylic acids is 2. The van der Waals surface area contributed by atoms with Crippen LogP contribution < -0.4 is 5.73 Å². The second-order valence-corrected chi connectivity index (χ2v) is 5.94. The summed E-state index contributed by atoms with van der Waals surface area (Å²) in [7, 11) is 0. The molecule has 0 aromatic carbocycles. The Kier molecular flexibility index (Phi) is 13.1. The largest absolute Gasteiger partial charge is 0.366 e. The Balaban J connectivity index is 3.35. The van der Waals surface area contributed by atoms with E-state index in [2.05, 4.69) is 6.92 Å². The molecular formula is C18H33NO2. The van der Waals surface area contributed by atoms with Gasteiger partial charge < -0.3 is 5.73 Å². The first-order chi connectivity index (χ1) is 10.1. The fraction of sp³-hybridized carbons (Fsp3) is 0.778. The molecule has 1 amide bonds. The molecule has 0 atom stereocenters. The first-order valence-electron chi connectivity index (χ1n) is 8.58. The molecule has 0 heterocycles. The Morgan fingerprint density at radius 3 is 1.67 bits per heavy atom. The molecule has 0 radical (unpaired) electrons. The van der Waals surface area contributed by atoms with E-state index in [1.807, 2.05) is 0 Å². The lowest BCUT2D eigenvalue weighted by Crippen LogP contribution is -2.12. The topological polar surface area (TPSA) is 60.2 Å². The van der Waals surface area contributed by atoms with E-state index in [4.69, 9.17) is 5.73 Å². The molecule has 0 unspecified atom stereocenters. The first-order valence-corrected chi connectivity index (χ1v) is 8.58. The van der Waals surface area contributed by atoms with Crippen LogP contribution in [0.3, 0.4) is 0 Å². The maximum Gasteiger partial charge on any atom is 0.244 e. The number of rotatable bonds is 14. The smallest absolute Gasteiger partial charge is 0.244 e. The SMILES string of the molecule is CCCCCCCCCCCCCC(=O)/C=C(/C)C(N)=O. The number of hydrogen-bond donors (Lipinski definition) is 1. The van der Waals surface area contributed by atoms with Crippen LogP contribution in [0.15, 0.2) is 11.6 Å². The summed E-state index contributed by atoms with van der Waals surface area (Å²) < 4.78 is 0. The van der Waals surface area contributed by atoms with E-state index in [0.717, 1.165) is 12.8 Å². The zero-order valence-electron chi connectivity index (χ0n) is 14.0. The molecule has 0 aliphatic carbocycles. The van der Waals surface area contributed by atoms with Gasteiger partial charge in [-0.1, -0.05) is 71.1 Å². The second-order valence-electron chi connectivity index (χ2n) is 5.94. The summed E-state index contributed by atoms with van der Waals surface area (Å²) in [6.07, 6.45) is 15.9. The van der Waals surface area contributed by atoms with E-state index in [-0.39, 0.29) is 5.78 Å². The molecule has 0 bridgehead atoms. The number of allylic oxidation sites excluding steroid dienone is 1. The second kappa shape index (κ2) is 13.8. The monoisotopic (exact) mass is 295 g/mol. The fourth-order valence-corrected chi connectivity index (χ4v) is 2.35. The van der Waals surface area contributed by atoms with Gasteiger partial charge in [-0.15, -0.1) is 0 Å². The highest BCUT2D eigenvalue weighted by Gasteiger charge is 2.02. The quantitative estimate of drug-likeness (QED) is 0.373. The van der Waals surface area contributed by atoms with Crippen molar-refractivity contribution in [1.29, 1.82) is 0 Å². The molecule has 21 heavy (non-hydrogen) atoms. The predicted molar refractivity (Wildman–Crippen MR) is 89.0 cm³/mol. The van der Waals surface area contributed by atoms with Crippen molar-refractivity contribution in [2.75, 3.05) is 0 Å². The number of unbranched alkanes of at least 4 members (excludes halogenated alkanes) is 10. The number of primary amides is 1. The molecule has 0 spiro atoms. The van der Waals surface area contributed by atoms with E-state index in [0.29, 0.717) is 12.0 Å². The van der Waals surface area contributed by atoms with Crippen molar-refractivity contribution in [3.05, 3.63) is 11.6 Å². The molecule has 0 fully saturated rings. The third-order valence-electron chi connectivity index (χ3n) is 3.79. The average molecular weight is 295 g/mol. The molecule has 3 nitrogen and oxygen atoms in total. The third-order valence-corrected chi connectivity index (χ3v) is 3.79. The average Bonchev–Trinajstić information content (AvgIpc) is 2.44. The minimum absolute atomic E-state index is 0.0159. The fourth-order valence-electron chi connectivity index (χ4n) is 2.35. The predicted octanol–water partition coefficient (Wildman–Crippen LogP) is 4.69. The highest BCUT2D eigenvalue weighted by atomic mass is 16.1. The molecule has 0 saturated carbocycles. The number of hydrogen-bond acceptors (Lipinski definition) is 2. The van der Waals surface area contributed by atoms with Gasteiger partial charge in [0.15, 0.2) is 5.78 Å². The van der Waals surface area contributed by atoms with Crippen molar-refractivity contribution in [3.8, 4) is 0 Å². The normalized spacial score (nSPS) is 11.6. The van der Waals surface area contributed by atoms with Crippen molar-refractivity contribution in [2.24, 2.45) is 5.73 Å². The van der Waals surface area contributed by atoms with E-state index in [1.165, 1.54) is 63.9 Å². The Morgan fingerprint density at radius 1 is 0.810 bits per heavy atom. The van der Waals surface area contributed by atoms with Gasteiger partial charge in [0.25, 0.3) is 0 Å². The molecule has 0 aliphatic heterocycles. The first kappa shape index (κ1) is 19.9. The Morgan fingerprint density at radius 2 is 1.24 bits per heavy atom. The zero-order valence-corrected chi connectivity index (χ0v) is 14.0. The highest BCUT2D eigenvalue weighted by molar-refractivity contribution is 6.00. The molecule has 0 aromatic rings. The lowest BCUT2D eigenvalue weighted by Gasteiger charge is -2.02. The Hall–Kier alpha value is -1.12. The number of carbonyl (C=O) groups is 2. The highest BCUT2D eigenvalue weighted by Crippen LogP contribution is 2.12. The van der Waals surface area contributed by atoms with Gasteiger partial charge in [-0.2, -0.15) is 0 Å². The van der Waals surface area contributed by atoms with Gasteiger partial charge in [0.1, 0.15) is 0 Å². The maximum atomic E-state index is 11.5. The molecule has 0 aromatic heterocycles. The Labute approximate surface area is 130 Å². The van der Waals surface area contributed by atoms with Crippen LogP contribution in [0.2, 0.25) is 0 Å². The van der Waals surface area contributed by atoms with Crippen molar-refractivity contribution in [2.45, 2.75) is 90.9 Å². The minimum atomic E-state index is -0.512. The van der Waals surface area contributed by atoms with E-state index in [1.54, 1.807) is 6.92 Å². The number of ketones is 1. The van der Waals surface area contributed by atoms with Gasteiger partial charge in [0.2, 0.25) is 5.91 Å². The van der Waals surface area contributed by atoms with Gasteiger partial charge in [0.05, 0.1) is 0 Å². The van der Waals surface area contributed by atoms with Crippen molar-refractivity contribution < 1.29 is 9.59 Å². The summed E-state index contributed by atoms with van der Waals surface area (Å²) in [6.45, 7) is 3.83. The summed E-state index contributed by atoms with van der Waals surface area (Å²) in [4.78, 5) is 22.3. The zero-order chi connectivity index (χ0) is 15.9. The van der Waals surface area contributed by atoms with Gasteiger partial charge in [-0.25, -0.2) is 0 Å². The Bertz CT molecular complexity index is 321. The third kappa shape index (κ3) is 13.6. The van der Waals surface area contributed by atoms with E-state index < -0.39 is 5.91 Å². The summed E-state index contributed by atoms with van der Waals surface area (Å²) in [5.41, 5.74) is 5.44.